The monoisotopic (exact) mass is 735 g/mol. The van der Waals surface area contributed by atoms with E-state index in [1.165, 1.54) is 17.7 Å². The number of ketones is 1. The van der Waals surface area contributed by atoms with Gasteiger partial charge in [-0.15, -0.1) is 0 Å². The van der Waals surface area contributed by atoms with Crippen molar-refractivity contribution in [2.75, 3.05) is 13.1 Å². The summed E-state index contributed by atoms with van der Waals surface area (Å²) in [7, 11) is 0. The Morgan fingerprint density at radius 1 is 1.07 bits per heavy atom. The van der Waals surface area contributed by atoms with Crippen LogP contribution in [0.3, 0.4) is 0 Å². The summed E-state index contributed by atoms with van der Waals surface area (Å²) in [6.45, 7) is 3.19. The van der Waals surface area contributed by atoms with Gasteiger partial charge in [0.15, 0.2) is 11.5 Å². The Morgan fingerprint density at radius 3 is 2.69 bits per heavy atom. The van der Waals surface area contributed by atoms with E-state index in [2.05, 4.69) is 35.5 Å². The Balaban J connectivity index is 1.16. The minimum absolute atomic E-state index is 0.0591. The number of aliphatic hydroxyl groups excluding tert-OH is 3. The topological polar surface area (TPSA) is 182 Å². The summed E-state index contributed by atoms with van der Waals surface area (Å²) in [5.41, 5.74) is 13.7. The molecule has 0 saturated heterocycles. The Labute approximate surface area is 316 Å². The number of benzene rings is 3. The lowest BCUT2D eigenvalue weighted by molar-refractivity contribution is -0.882. The molecule has 11 nitrogen and oxygen atoms in total. The highest BCUT2D eigenvalue weighted by Gasteiger charge is 2.36. The highest BCUT2D eigenvalue weighted by Crippen LogP contribution is 2.35. The zero-order valence-corrected chi connectivity index (χ0v) is 30.7. The first-order chi connectivity index (χ1) is 26.1. The first kappa shape index (κ1) is 38.9. The van der Waals surface area contributed by atoms with Crippen molar-refractivity contribution in [1.29, 1.82) is 0 Å². The van der Waals surface area contributed by atoms with Crippen molar-refractivity contribution in [3.63, 3.8) is 0 Å². The van der Waals surface area contributed by atoms with Crippen molar-refractivity contribution >= 4 is 11.5 Å². The molecule has 3 heterocycles. The second-order valence-electron chi connectivity index (χ2n) is 14.4. The number of quaternary nitrogens is 1. The van der Waals surface area contributed by atoms with E-state index in [4.69, 9.17) is 15.5 Å². The normalized spacial score (nSPS) is 20.5. The lowest BCUT2D eigenvalue weighted by Gasteiger charge is -2.23. The number of aliphatic imine (C=N–C) groups is 1. The van der Waals surface area contributed by atoms with Crippen LogP contribution in [0.1, 0.15) is 85.5 Å². The number of rotatable bonds is 16. The molecule has 6 rings (SSSR count). The number of phenolic OH excluding ortho intramolecular Hbond substituents is 2. The number of carbonyl (C=O) groups is 1. The van der Waals surface area contributed by atoms with E-state index in [0.29, 0.717) is 37.1 Å². The molecule has 54 heavy (non-hydrogen) atoms. The summed E-state index contributed by atoms with van der Waals surface area (Å²) in [6, 6.07) is 18.8. The largest absolute Gasteiger partial charge is 0.508 e. The fraction of sp³-hybridized carbons (Fsp3) is 0.395. The minimum atomic E-state index is -1.06. The van der Waals surface area contributed by atoms with Crippen LogP contribution in [-0.2, 0) is 24.1 Å². The molecule has 2 bridgehead atoms. The Bertz CT molecular complexity index is 1970. The second kappa shape index (κ2) is 18.0. The molecule has 3 aliphatic heterocycles. The number of aliphatic hydroxyl groups is 3. The third kappa shape index (κ3) is 9.84. The quantitative estimate of drug-likeness (QED) is 0.0810. The molecule has 11 heteroatoms. The maximum absolute atomic E-state index is 12.6. The van der Waals surface area contributed by atoms with Crippen LogP contribution in [-0.4, -0.2) is 68.6 Å². The van der Waals surface area contributed by atoms with Crippen LogP contribution in [0.4, 0.5) is 0 Å². The average molecular weight is 736 g/mol. The van der Waals surface area contributed by atoms with Crippen LogP contribution in [0, 0.1) is 11.8 Å². The van der Waals surface area contributed by atoms with E-state index in [1.54, 1.807) is 0 Å². The number of fused-ring (bicyclic) bond motifs is 2. The summed E-state index contributed by atoms with van der Waals surface area (Å²) < 4.78 is 6.39. The van der Waals surface area contributed by atoms with Crippen molar-refractivity contribution in [2.45, 2.75) is 95.4 Å². The van der Waals surface area contributed by atoms with Gasteiger partial charge in [0.05, 0.1) is 23.9 Å². The molecule has 3 aromatic rings. The lowest BCUT2D eigenvalue weighted by atomic mass is 9.91. The van der Waals surface area contributed by atoms with Crippen LogP contribution in [0.25, 0.3) is 0 Å². The van der Waals surface area contributed by atoms with Crippen LogP contribution in [0.2, 0.25) is 0 Å². The van der Waals surface area contributed by atoms with Gasteiger partial charge in [-0.3, -0.25) is 20.0 Å². The van der Waals surface area contributed by atoms with Gasteiger partial charge < -0.3 is 36.0 Å². The molecule has 0 aromatic heterocycles. The molecule has 6 atom stereocenters. The molecular formula is C43H51N4O7+. The number of ether oxygens (including phenoxy) is 1. The number of nitrogens with zero attached hydrogens (tertiary/aromatic N) is 1. The van der Waals surface area contributed by atoms with Crippen molar-refractivity contribution in [1.82, 2.24) is 5.32 Å². The van der Waals surface area contributed by atoms with E-state index in [-0.39, 0.29) is 55.1 Å². The van der Waals surface area contributed by atoms with Crippen molar-refractivity contribution in [3.8, 4) is 29.1 Å². The smallest absolute Gasteiger partial charge is 0.247 e. The SMILES string of the molecule is CCC[C@H](O)C[C@@H](O)CC(=O)CCc1cc(O[C@H]2CC#C[C@H](O)c3ccc([C@H](N)NCCc4ccccc4)cc3CC3=CN=C4C[NH+]2C=C34)c(O)cc1O. The Hall–Kier alpha value is -4.80. The van der Waals surface area contributed by atoms with Crippen LogP contribution in [0.5, 0.6) is 17.2 Å². The van der Waals surface area contributed by atoms with E-state index >= 15 is 0 Å². The van der Waals surface area contributed by atoms with E-state index in [1.807, 2.05) is 49.5 Å². The number of nitrogens with one attached hydrogen (secondary N) is 2. The van der Waals surface area contributed by atoms with Gasteiger partial charge >= 0.3 is 0 Å². The molecular weight excluding hydrogens is 684 g/mol. The van der Waals surface area contributed by atoms with Crippen molar-refractivity contribution in [2.24, 2.45) is 10.7 Å². The predicted octanol–water partition coefficient (Wildman–Crippen LogP) is 3.20. The summed E-state index contributed by atoms with van der Waals surface area (Å²) in [6.07, 6.45) is 3.51. The molecule has 0 radical (unpaired) electrons. The zero-order valence-electron chi connectivity index (χ0n) is 30.7. The van der Waals surface area contributed by atoms with Gasteiger partial charge in [0.25, 0.3) is 0 Å². The molecule has 284 valence electrons. The first-order valence-electron chi connectivity index (χ1n) is 18.8. The first-order valence-corrected chi connectivity index (χ1v) is 18.8. The maximum atomic E-state index is 12.6. The fourth-order valence-electron chi connectivity index (χ4n) is 7.26. The Kier molecular flexibility index (Phi) is 13.0. The van der Waals surface area contributed by atoms with E-state index < -0.39 is 30.7 Å². The molecule has 1 unspecified atom stereocenters. The van der Waals surface area contributed by atoms with E-state index in [9.17, 15) is 30.3 Å². The number of nitrogens with two attached hydrogens (primary N) is 1. The number of aryl methyl sites for hydroxylation is 1. The van der Waals surface area contributed by atoms with Gasteiger partial charge in [-0.1, -0.05) is 73.7 Å². The predicted molar refractivity (Wildman–Crippen MR) is 206 cm³/mol. The summed E-state index contributed by atoms with van der Waals surface area (Å²) in [5.74, 6) is 5.61. The molecule has 3 aliphatic rings. The number of aromatic hydroxyl groups is 2. The van der Waals surface area contributed by atoms with E-state index in [0.717, 1.165) is 45.7 Å². The van der Waals surface area contributed by atoms with Gasteiger partial charge in [-0.25, -0.2) is 0 Å². The minimum Gasteiger partial charge on any atom is -0.508 e. The number of carbonyl (C=O) groups excluding carboxylic acids is 1. The third-order valence-electron chi connectivity index (χ3n) is 10.2. The van der Waals surface area contributed by atoms with Crippen LogP contribution < -0.4 is 20.7 Å². The number of Topliss-reactive ketones (excluding diaryl/α,β-unsaturated/α-hetero) is 1. The molecule has 0 fully saturated rings. The highest BCUT2D eigenvalue weighted by atomic mass is 16.5. The summed E-state index contributed by atoms with van der Waals surface area (Å²) >= 11 is 0. The van der Waals surface area contributed by atoms with Gasteiger partial charge in [-0.05, 0) is 65.1 Å². The number of allylic oxidation sites excluding steroid dienone is 1. The molecule has 0 saturated carbocycles. The van der Waals surface area contributed by atoms with Crippen LogP contribution in [0.15, 0.2) is 89.2 Å². The summed E-state index contributed by atoms with van der Waals surface area (Å²) in [5, 5.41) is 56.4. The summed E-state index contributed by atoms with van der Waals surface area (Å²) in [4.78, 5) is 18.3. The average Bonchev–Trinajstić information content (AvgIpc) is 3.73. The molecule has 0 amide bonds. The standard InChI is InChI=1S/C43H50N4O7/c1-2-7-32(48)21-34(50)22-33(49)14-12-28-20-41(40(53)23-39(28)52)54-42-11-6-10-38(51)35-15-13-29(43(44)45-17-16-27-8-4-3-5-9-27)18-30(35)19-31-24-46-37-26-47(42)25-36(31)37/h3-5,8-9,13,15,18,20,23-25,32,34,38,42-43,45,48,50-53H,2,7,11-12,14,16-17,19,21-22,26,44H2,1H3/p+1/t32-,34+,38-,42-,43+/m0/s1. The van der Waals surface area contributed by atoms with Gasteiger partial charge in [-0.2, -0.15) is 0 Å². The third-order valence-corrected chi connectivity index (χ3v) is 10.2. The van der Waals surface area contributed by atoms with Crippen molar-refractivity contribution < 1.29 is 40.0 Å². The number of phenols is 2. The Morgan fingerprint density at radius 2 is 1.89 bits per heavy atom. The molecule has 3 aromatic carbocycles. The molecule has 0 aliphatic carbocycles. The van der Waals surface area contributed by atoms with Crippen LogP contribution >= 0.6 is 0 Å². The van der Waals surface area contributed by atoms with Gasteiger partial charge in [0, 0.05) is 38.1 Å². The second-order valence-corrected chi connectivity index (χ2v) is 14.4. The zero-order chi connectivity index (χ0) is 38.2. The fourth-order valence-corrected chi connectivity index (χ4v) is 7.26. The maximum Gasteiger partial charge on any atom is 0.247 e. The van der Waals surface area contributed by atoms with Gasteiger partial charge in [0.2, 0.25) is 6.23 Å². The number of hydrogen-bond donors (Lipinski definition) is 8. The van der Waals surface area contributed by atoms with Gasteiger partial charge in [0.1, 0.15) is 42.5 Å². The number of hydrogen-bond acceptors (Lipinski definition) is 10. The lowest BCUT2D eigenvalue weighted by Crippen LogP contribution is -3.12. The molecule has 9 N–H and O–H groups in total. The van der Waals surface area contributed by atoms with Crippen molar-refractivity contribution in [3.05, 3.63) is 112 Å². The molecule has 0 spiro atoms. The highest BCUT2D eigenvalue weighted by molar-refractivity contribution is 6.08.